The first kappa shape index (κ1) is 26.8. The Morgan fingerprint density at radius 2 is 1.68 bits per heavy atom. The summed E-state index contributed by atoms with van der Waals surface area (Å²) in [4.78, 5) is 41.1. The highest BCUT2D eigenvalue weighted by atomic mass is 32.2. The molecule has 2 heterocycles. The monoisotopic (exact) mass is 571 g/mol. The minimum absolute atomic E-state index is 0.0000668. The Labute approximate surface area is 218 Å². The first-order valence-corrected chi connectivity index (χ1v) is 13.2. The number of nitrogens with zero attached hydrogens (tertiary/aromatic N) is 2. The predicted octanol–water partition coefficient (Wildman–Crippen LogP) is 3.15. The molecule has 1 saturated heterocycles. The van der Waals surface area contributed by atoms with E-state index < -0.39 is 58.4 Å². The lowest BCUT2D eigenvalue weighted by Crippen LogP contribution is -2.36. The van der Waals surface area contributed by atoms with Crippen molar-refractivity contribution in [3.8, 4) is 0 Å². The molecule has 1 fully saturated rings. The molecule has 2 aliphatic rings. The normalized spacial score (nSPS) is 18.0. The van der Waals surface area contributed by atoms with Crippen LogP contribution in [0.4, 0.5) is 24.5 Å². The number of nitrogens with one attached hydrogen (secondary N) is 1. The van der Waals surface area contributed by atoms with Gasteiger partial charge in [-0.1, -0.05) is 42.2 Å². The van der Waals surface area contributed by atoms with Crippen LogP contribution in [0.15, 0.2) is 53.4 Å². The second-order valence-electron chi connectivity index (χ2n) is 7.85. The van der Waals surface area contributed by atoms with Crippen LogP contribution < -0.4 is 10.2 Å². The third-order valence-electron chi connectivity index (χ3n) is 5.37. The van der Waals surface area contributed by atoms with Crippen molar-refractivity contribution in [2.45, 2.75) is 6.18 Å². The summed E-state index contributed by atoms with van der Waals surface area (Å²) in [5.74, 6) is -2.83. The molecule has 4 rings (SSSR count). The Kier molecular flexibility index (Phi) is 7.16. The molecular weight excluding hydrogens is 555 g/mol. The number of thioether (sulfide) groups is 1. The van der Waals surface area contributed by atoms with Crippen LogP contribution in [0.2, 0.25) is 0 Å². The molecule has 0 atom stereocenters. The smallest absolute Gasteiger partial charge is 0.325 e. The Morgan fingerprint density at radius 1 is 1.03 bits per heavy atom. The molecule has 3 amide bonds. The Morgan fingerprint density at radius 3 is 2.30 bits per heavy atom. The van der Waals surface area contributed by atoms with Crippen molar-refractivity contribution in [1.82, 2.24) is 4.90 Å². The minimum atomic E-state index is -4.53. The SMILES string of the molecule is O=C(CN1C(=O)/C(=C2\SC(=S)N(CCS(=O)(=O)O)C2=O)c2ccccc21)Nc1ccc(C(F)(F)F)cc1. The number of hydrogen-bond acceptors (Lipinski definition) is 7. The van der Waals surface area contributed by atoms with Crippen molar-refractivity contribution in [3.63, 3.8) is 0 Å². The van der Waals surface area contributed by atoms with E-state index in [1.54, 1.807) is 24.3 Å². The van der Waals surface area contributed by atoms with Gasteiger partial charge in [0.05, 0.1) is 27.5 Å². The summed E-state index contributed by atoms with van der Waals surface area (Å²) < 4.78 is 69.5. The number of hydrogen-bond donors (Lipinski definition) is 2. The van der Waals surface area contributed by atoms with E-state index in [0.717, 1.165) is 45.8 Å². The Bertz CT molecular complexity index is 1460. The minimum Gasteiger partial charge on any atom is -0.325 e. The summed E-state index contributed by atoms with van der Waals surface area (Å²) >= 11 is 5.95. The van der Waals surface area contributed by atoms with Gasteiger partial charge in [0.2, 0.25) is 5.91 Å². The number of alkyl halides is 3. The molecule has 15 heteroatoms. The lowest BCUT2D eigenvalue weighted by molar-refractivity contribution is -0.137. The number of amides is 3. The summed E-state index contributed by atoms with van der Waals surface area (Å²) in [7, 11) is -4.37. The maximum absolute atomic E-state index is 13.4. The second-order valence-corrected chi connectivity index (χ2v) is 11.1. The first-order chi connectivity index (χ1) is 17.3. The van der Waals surface area contributed by atoms with Crippen LogP contribution >= 0.6 is 24.0 Å². The molecule has 9 nitrogen and oxygen atoms in total. The maximum Gasteiger partial charge on any atom is 0.416 e. The lowest BCUT2D eigenvalue weighted by Gasteiger charge is -2.17. The van der Waals surface area contributed by atoms with E-state index in [9.17, 15) is 36.0 Å². The number of anilines is 2. The number of benzene rings is 2. The van der Waals surface area contributed by atoms with E-state index in [1.807, 2.05) is 0 Å². The standard InChI is InChI=1S/C22H16F3N3O6S3/c23-22(24,25)12-5-7-13(8-6-12)26-16(29)11-28-15-4-2-1-3-14(15)17(19(28)30)18-20(31)27(21(35)36-18)9-10-37(32,33)34/h1-8H,9-11H2,(H,26,29)(H,32,33,34)/b18-17-. The van der Waals surface area contributed by atoms with Crippen LogP contribution in [0.25, 0.3) is 5.57 Å². The number of carbonyl (C=O) groups excluding carboxylic acids is 3. The van der Waals surface area contributed by atoms with Gasteiger partial charge in [-0.2, -0.15) is 21.6 Å². The molecule has 0 aromatic heterocycles. The third-order valence-corrected chi connectivity index (χ3v) is 7.52. The van der Waals surface area contributed by atoms with Gasteiger partial charge in [-0.15, -0.1) is 0 Å². The molecule has 0 aliphatic carbocycles. The zero-order chi connectivity index (χ0) is 27.1. The number of rotatable bonds is 6. The van der Waals surface area contributed by atoms with Gasteiger partial charge < -0.3 is 5.32 Å². The number of para-hydroxylation sites is 1. The van der Waals surface area contributed by atoms with E-state index in [0.29, 0.717) is 11.3 Å². The summed E-state index contributed by atoms with van der Waals surface area (Å²) in [5.41, 5.74) is -0.131. The van der Waals surface area contributed by atoms with E-state index in [-0.39, 0.29) is 20.5 Å². The molecule has 0 spiro atoms. The van der Waals surface area contributed by atoms with Crippen LogP contribution in [0.1, 0.15) is 11.1 Å². The first-order valence-electron chi connectivity index (χ1n) is 10.4. The van der Waals surface area contributed by atoms with Crippen molar-refractivity contribution >= 4 is 73.1 Å². The molecule has 2 aromatic carbocycles. The molecule has 0 unspecified atom stereocenters. The Hall–Kier alpha value is -3.27. The molecule has 0 radical (unpaired) electrons. The molecule has 194 valence electrons. The molecule has 37 heavy (non-hydrogen) atoms. The van der Waals surface area contributed by atoms with Crippen LogP contribution in [-0.4, -0.2) is 58.8 Å². The van der Waals surface area contributed by atoms with Crippen molar-refractivity contribution < 1.29 is 40.5 Å². The van der Waals surface area contributed by atoms with E-state index in [2.05, 4.69) is 5.32 Å². The summed E-state index contributed by atoms with van der Waals surface area (Å²) in [6, 6.07) is 10.2. The molecule has 2 aliphatic heterocycles. The summed E-state index contributed by atoms with van der Waals surface area (Å²) in [6.45, 7) is -0.904. The van der Waals surface area contributed by atoms with Gasteiger partial charge in [0, 0.05) is 17.8 Å². The van der Waals surface area contributed by atoms with Crippen LogP contribution in [0, 0.1) is 0 Å². The van der Waals surface area contributed by atoms with Crippen molar-refractivity contribution in [1.29, 1.82) is 0 Å². The fourth-order valence-corrected chi connectivity index (χ4v) is 5.49. The van der Waals surface area contributed by atoms with Crippen LogP contribution in [-0.2, 0) is 30.7 Å². The maximum atomic E-state index is 13.4. The van der Waals surface area contributed by atoms with Crippen molar-refractivity contribution in [2.24, 2.45) is 0 Å². The van der Waals surface area contributed by atoms with Crippen molar-refractivity contribution in [2.75, 3.05) is 29.1 Å². The molecule has 0 saturated carbocycles. The third kappa shape index (κ3) is 5.69. The Balaban J connectivity index is 1.57. The molecule has 2 N–H and O–H groups in total. The molecule has 0 bridgehead atoms. The van der Waals surface area contributed by atoms with Gasteiger partial charge in [-0.3, -0.25) is 28.7 Å². The number of thiocarbonyl (C=S) groups is 1. The topological polar surface area (TPSA) is 124 Å². The van der Waals surface area contributed by atoms with Crippen molar-refractivity contribution in [3.05, 3.63) is 64.6 Å². The number of halogens is 3. The largest absolute Gasteiger partial charge is 0.416 e. The summed E-state index contributed by atoms with van der Waals surface area (Å²) in [6.07, 6.45) is -4.53. The van der Waals surface area contributed by atoms with Gasteiger partial charge in [0.25, 0.3) is 21.9 Å². The average Bonchev–Trinajstić information content (AvgIpc) is 3.23. The van der Waals surface area contributed by atoms with Gasteiger partial charge in [-0.05, 0) is 30.3 Å². The zero-order valence-corrected chi connectivity index (χ0v) is 20.9. The quantitative estimate of drug-likeness (QED) is 0.308. The van der Waals surface area contributed by atoms with Gasteiger partial charge in [-0.25, -0.2) is 0 Å². The lowest BCUT2D eigenvalue weighted by atomic mass is 10.1. The van der Waals surface area contributed by atoms with Gasteiger partial charge >= 0.3 is 6.18 Å². The second kappa shape index (κ2) is 9.89. The highest BCUT2D eigenvalue weighted by molar-refractivity contribution is 8.26. The van der Waals surface area contributed by atoms with E-state index in [4.69, 9.17) is 16.8 Å². The molecular formula is C22H16F3N3O6S3. The molecule has 2 aromatic rings. The average molecular weight is 572 g/mol. The fraction of sp³-hybridized carbons (Fsp3) is 0.182. The summed E-state index contributed by atoms with van der Waals surface area (Å²) in [5, 5.41) is 2.44. The predicted molar refractivity (Wildman–Crippen MR) is 134 cm³/mol. The van der Waals surface area contributed by atoms with Gasteiger partial charge in [0.1, 0.15) is 10.9 Å². The van der Waals surface area contributed by atoms with Crippen LogP contribution in [0.3, 0.4) is 0 Å². The van der Waals surface area contributed by atoms with E-state index >= 15 is 0 Å². The highest BCUT2D eigenvalue weighted by Gasteiger charge is 2.42. The fourth-order valence-electron chi connectivity index (χ4n) is 3.69. The van der Waals surface area contributed by atoms with E-state index in [1.165, 1.54) is 0 Å². The van der Waals surface area contributed by atoms with Crippen LogP contribution in [0.5, 0.6) is 0 Å². The number of carbonyl (C=O) groups is 3. The highest BCUT2D eigenvalue weighted by Crippen LogP contribution is 2.44. The van der Waals surface area contributed by atoms with Gasteiger partial charge in [0.15, 0.2) is 0 Å². The number of fused-ring (bicyclic) bond motifs is 1. The zero-order valence-electron chi connectivity index (χ0n) is 18.5.